The van der Waals surface area contributed by atoms with Gasteiger partial charge < -0.3 is 10.1 Å². The first-order valence-electron chi connectivity index (χ1n) is 8.35. The molecule has 0 radical (unpaired) electrons. The molecule has 2 amide bonds. The standard InChI is InChI=1S/C21H19N3O3/c1-14-7-10-16(11-8-14)23-20(25)21(26)24-22-13-18-17-6-4-3-5-15(17)9-12-19(18)27-2/h3-13H,1-2H3,(H,23,25)(H,24,26)/b22-13-. The van der Waals surface area contributed by atoms with E-state index >= 15 is 0 Å². The molecule has 0 saturated carbocycles. The average molecular weight is 361 g/mol. The van der Waals surface area contributed by atoms with Crippen LogP contribution in [0.4, 0.5) is 5.69 Å². The second-order valence-electron chi connectivity index (χ2n) is 5.92. The molecule has 27 heavy (non-hydrogen) atoms. The number of ether oxygens (including phenoxy) is 1. The number of amides is 2. The molecule has 2 N–H and O–H groups in total. The van der Waals surface area contributed by atoms with Gasteiger partial charge in [-0.05, 0) is 35.9 Å². The van der Waals surface area contributed by atoms with Gasteiger partial charge in [0.05, 0.1) is 13.3 Å². The third-order valence-corrected chi connectivity index (χ3v) is 4.03. The van der Waals surface area contributed by atoms with Crippen LogP contribution < -0.4 is 15.5 Å². The first-order chi connectivity index (χ1) is 13.1. The number of hydrogen-bond acceptors (Lipinski definition) is 4. The van der Waals surface area contributed by atoms with Crippen molar-refractivity contribution in [2.45, 2.75) is 6.92 Å². The molecule has 0 saturated heterocycles. The van der Waals surface area contributed by atoms with E-state index < -0.39 is 11.8 Å². The van der Waals surface area contributed by atoms with Gasteiger partial charge in [-0.1, -0.05) is 48.0 Å². The predicted molar refractivity (Wildman–Crippen MR) is 106 cm³/mol. The third kappa shape index (κ3) is 4.30. The zero-order valence-electron chi connectivity index (χ0n) is 15.0. The van der Waals surface area contributed by atoms with Crippen LogP contribution in [0.2, 0.25) is 0 Å². The van der Waals surface area contributed by atoms with Gasteiger partial charge >= 0.3 is 11.8 Å². The van der Waals surface area contributed by atoms with Crippen molar-refractivity contribution in [1.29, 1.82) is 0 Å². The molecule has 0 aliphatic carbocycles. The summed E-state index contributed by atoms with van der Waals surface area (Å²) in [5.41, 5.74) is 4.56. The van der Waals surface area contributed by atoms with E-state index in [1.54, 1.807) is 19.2 Å². The number of benzene rings is 3. The number of carbonyl (C=O) groups is 2. The van der Waals surface area contributed by atoms with Crippen molar-refractivity contribution >= 4 is 34.5 Å². The minimum atomic E-state index is -0.856. The lowest BCUT2D eigenvalue weighted by molar-refractivity contribution is -0.136. The second-order valence-corrected chi connectivity index (χ2v) is 5.92. The van der Waals surface area contributed by atoms with E-state index in [4.69, 9.17) is 4.74 Å². The van der Waals surface area contributed by atoms with Crippen LogP contribution in [0.5, 0.6) is 5.75 Å². The van der Waals surface area contributed by atoms with Crippen molar-refractivity contribution in [2.75, 3.05) is 12.4 Å². The summed E-state index contributed by atoms with van der Waals surface area (Å²) in [7, 11) is 1.56. The Morgan fingerprint density at radius 3 is 2.44 bits per heavy atom. The van der Waals surface area contributed by atoms with Crippen LogP contribution in [0.1, 0.15) is 11.1 Å². The third-order valence-electron chi connectivity index (χ3n) is 4.03. The maximum absolute atomic E-state index is 12.0. The highest BCUT2D eigenvalue weighted by atomic mass is 16.5. The number of rotatable bonds is 4. The van der Waals surface area contributed by atoms with Crippen LogP contribution in [0.15, 0.2) is 65.8 Å². The molecule has 3 rings (SSSR count). The van der Waals surface area contributed by atoms with Crippen LogP contribution in [0.3, 0.4) is 0 Å². The van der Waals surface area contributed by atoms with Crippen LogP contribution >= 0.6 is 0 Å². The molecule has 0 aromatic heterocycles. The molecule has 0 bridgehead atoms. The first kappa shape index (κ1) is 18.1. The Hall–Kier alpha value is -3.67. The lowest BCUT2D eigenvalue weighted by Gasteiger charge is -2.08. The van der Waals surface area contributed by atoms with Crippen molar-refractivity contribution in [2.24, 2.45) is 5.10 Å². The van der Waals surface area contributed by atoms with E-state index in [1.165, 1.54) is 6.21 Å². The topological polar surface area (TPSA) is 79.8 Å². The minimum absolute atomic E-state index is 0.542. The second kappa shape index (κ2) is 8.14. The van der Waals surface area contributed by atoms with Gasteiger partial charge in [-0.3, -0.25) is 9.59 Å². The summed E-state index contributed by atoms with van der Waals surface area (Å²) in [6.07, 6.45) is 1.47. The van der Waals surface area contributed by atoms with E-state index in [1.807, 2.05) is 55.5 Å². The highest BCUT2D eigenvalue weighted by Crippen LogP contribution is 2.26. The Balaban J connectivity index is 1.71. The van der Waals surface area contributed by atoms with Gasteiger partial charge in [0.2, 0.25) is 0 Å². The Bertz CT molecular complexity index is 1010. The highest BCUT2D eigenvalue weighted by Gasteiger charge is 2.13. The number of anilines is 1. The number of aryl methyl sites for hydroxylation is 1. The Morgan fingerprint density at radius 1 is 0.963 bits per heavy atom. The molecule has 0 aliphatic rings. The maximum atomic E-state index is 12.0. The molecule has 0 fully saturated rings. The fourth-order valence-corrected chi connectivity index (χ4v) is 2.62. The number of fused-ring (bicyclic) bond motifs is 1. The summed E-state index contributed by atoms with van der Waals surface area (Å²) in [5, 5.41) is 8.38. The summed E-state index contributed by atoms with van der Waals surface area (Å²) in [6.45, 7) is 1.94. The molecule has 6 nitrogen and oxygen atoms in total. The lowest BCUT2D eigenvalue weighted by Crippen LogP contribution is -2.32. The van der Waals surface area contributed by atoms with Crippen molar-refractivity contribution in [3.8, 4) is 5.75 Å². The Kier molecular flexibility index (Phi) is 5.47. The first-order valence-corrected chi connectivity index (χ1v) is 8.35. The van der Waals surface area contributed by atoms with Crippen molar-refractivity contribution < 1.29 is 14.3 Å². The number of methoxy groups -OCH3 is 1. The quantitative estimate of drug-likeness (QED) is 0.425. The molecule has 3 aromatic carbocycles. The van der Waals surface area contributed by atoms with Gasteiger partial charge in [0.15, 0.2) is 0 Å². The number of nitrogens with zero attached hydrogens (tertiary/aromatic N) is 1. The van der Waals surface area contributed by atoms with Crippen LogP contribution in [-0.4, -0.2) is 25.1 Å². The average Bonchev–Trinajstić information content (AvgIpc) is 2.69. The molecule has 0 spiro atoms. The van der Waals surface area contributed by atoms with Gasteiger partial charge in [-0.2, -0.15) is 5.10 Å². The van der Waals surface area contributed by atoms with Gasteiger partial charge in [-0.15, -0.1) is 0 Å². The summed E-state index contributed by atoms with van der Waals surface area (Å²) in [6, 6.07) is 18.7. The van der Waals surface area contributed by atoms with E-state index in [-0.39, 0.29) is 0 Å². The van der Waals surface area contributed by atoms with Gasteiger partial charge in [0.1, 0.15) is 5.75 Å². The monoisotopic (exact) mass is 361 g/mol. The number of hydrazone groups is 1. The molecule has 3 aromatic rings. The SMILES string of the molecule is COc1ccc2ccccc2c1/C=N\NC(=O)C(=O)Nc1ccc(C)cc1. The van der Waals surface area contributed by atoms with Crippen LogP contribution in [-0.2, 0) is 9.59 Å². The van der Waals surface area contributed by atoms with Crippen molar-refractivity contribution in [3.05, 3.63) is 71.8 Å². The van der Waals surface area contributed by atoms with E-state index in [9.17, 15) is 9.59 Å². The molecule has 0 unspecified atom stereocenters. The van der Waals surface area contributed by atoms with Gasteiger partial charge in [0.25, 0.3) is 0 Å². The van der Waals surface area contributed by atoms with Crippen molar-refractivity contribution in [3.63, 3.8) is 0 Å². The summed E-state index contributed by atoms with van der Waals surface area (Å²) in [4.78, 5) is 23.9. The summed E-state index contributed by atoms with van der Waals surface area (Å²) in [5.74, 6) is -1.03. The number of hydrogen-bond donors (Lipinski definition) is 2. The van der Waals surface area contributed by atoms with Gasteiger partial charge in [0, 0.05) is 11.3 Å². The normalized spacial score (nSPS) is 10.7. The van der Waals surface area contributed by atoms with Crippen LogP contribution in [0, 0.1) is 6.92 Å². The maximum Gasteiger partial charge on any atom is 0.329 e. The predicted octanol–water partition coefficient (Wildman–Crippen LogP) is 3.25. The molecule has 0 aliphatic heterocycles. The number of carbonyl (C=O) groups excluding carboxylic acids is 2. The minimum Gasteiger partial charge on any atom is -0.496 e. The lowest BCUT2D eigenvalue weighted by atomic mass is 10.0. The molecule has 136 valence electrons. The molecular weight excluding hydrogens is 342 g/mol. The fraction of sp³-hybridized carbons (Fsp3) is 0.0952. The number of nitrogens with one attached hydrogen (secondary N) is 2. The van der Waals surface area contributed by atoms with E-state index in [2.05, 4.69) is 15.8 Å². The highest BCUT2D eigenvalue weighted by molar-refractivity contribution is 6.39. The van der Waals surface area contributed by atoms with E-state index in [0.717, 1.165) is 21.9 Å². The Morgan fingerprint density at radius 2 is 1.70 bits per heavy atom. The Labute approximate surface area is 156 Å². The fourth-order valence-electron chi connectivity index (χ4n) is 2.62. The van der Waals surface area contributed by atoms with E-state index in [0.29, 0.717) is 11.4 Å². The van der Waals surface area contributed by atoms with Crippen molar-refractivity contribution in [1.82, 2.24) is 5.43 Å². The zero-order valence-corrected chi connectivity index (χ0v) is 15.0. The summed E-state index contributed by atoms with van der Waals surface area (Å²) >= 11 is 0. The van der Waals surface area contributed by atoms with Gasteiger partial charge in [-0.25, -0.2) is 5.43 Å². The van der Waals surface area contributed by atoms with Crippen LogP contribution in [0.25, 0.3) is 10.8 Å². The smallest absolute Gasteiger partial charge is 0.329 e. The molecule has 0 atom stereocenters. The molecule has 6 heteroatoms. The summed E-state index contributed by atoms with van der Waals surface area (Å²) < 4.78 is 5.36. The largest absolute Gasteiger partial charge is 0.496 e. The molecular formula is C21H19N3O3. The zero-order chi connectivity index (χ0) is 19.2. The molecule has 0 heterocycles.